The van der Waals surface area contributed by atoms with Crippen LogP contribution in [0.15, 0.2) is 0 Å². The Morgan fingerprint density at radius 2 is 1.62 bits per heavy atom. The molecule has 7 nitrogen and oxygen atoms in total. The minimum atomic E-state index is -0.466. The van der Waals surface area contributed by atoms with E-state index >= 15 is 0 Å². The Kier molecular flexibility index (Phi) is 5.05. The summed E-state index contributed by atoms with van der Waals surface area (Å²) >= 11 is 0. The number of piperazine rings is 1. The minimum Gasteiger partial charge on any atom is -0.381 e. The molecule has 21 heavy (non-hydrogen) atoms. The van der Waals surface area contributed by atoms with Crippen LogP contribution in [0.25, 0.3) is 0 Å². The van der Waals surface area contributed by atoms with Gasteiger partial charge in [0.15, 0.2) is 0 Å². The lowest BCUT2D eigenvalue weighted by Crippen LogP contribution is -2.58. The first-order valence-electron chi connectivity index (χ1n) is 7.53. The van der Waals surface area contributed by atoms with Gasteiger partial charge >= 0.3 is 6.03 Å². The Morgan fingerprint density at radius 3 is 2.10 bits per heavy atom. The number of hydrogen-bond donors (Lipinski definition) is 1. The van der Waals surface area contributed by atoms with E-state index in [1.807, 2.05) is 4.90 Å². The number of nitrogens with zero attached hydrogens (tertiary/aromatic N) is 3. The molecular formula is C14H26N4O3. The number of nitrogens with two attached hydrogens (primary N) is 1. The van der Waals surface area contributed by atoms with E-state index in [0.717, 1.165) is 0 Å². The van der Waals surface area contributed by atoms with E-state index in [4.69, 9.17) is 10.5 Å². The summed E-state index contributed by atoms with van der Waals surface area (Å²) in [7, 11) is 3.48. The van der Waals surface area contributed by atoms with E-state index in [-0.39, 0.29) is 11.9 Å². The summed E-state index contributed by atoms with van der Waals surface area (Å²) in [6.07, 6.45) is 1.39. The number of ether oxygens (including phenoxy) is 1. The largest absolute Gasteiger partial charge is 0.381 e. The fourth-order valence-corrected chi connectivity index (χ4v) is 2.99. The topological polar surface area (TPSA) is 79.1 Å². The van der Waals surface area contributed by atoms with Crippen LogP contribution in [0.4, 0.5) is 4.79 Å². The van der Waals surface area contributed by atoms with Gasteiger partial charge in [0.05, 0.1) is 5.41 Å². The van der Waals surface area contributed by atoms with Gasteiger partial charge in [-0.25, -0.2) is 4.79 Å². The molecule has 2 rings (SSSR count). The summed E-state index contributed by atoms with van der Waals surface area (Å²) in [4.78, 5) is 29.9. The van der Waals surface area contributed by atoms with E-state index in [2.05, 4.69) is 0 Å². The van der Waals surface area contributed by atoms with Crippen molar-refractivity contribution in [3.63, 3.8) is 0 Å². The molecule has 2 aliphatic heterocycles. The summed E-state index contributed by atoms with van der Waals surface area (Å²) in [5.41, 5.74) is 5.42. The lowest BCUT2D eigenvalue weighted by atomic mass is 9.78. The molecule has 0 atom stereocenters. The molecule has 0 saturated carbocycles. The molecule has 0 aliphatic carbocycles. The van der Waals surface area contributed by atoms with E-state index in [9.17, 15) is 9.59 Å². The molecule has 2 aliphatic rings. The van der Waals surface area contributed by atoms with Crippen molar-refractivity contribution in [1.29, 1.82) is 0 Å². The van der Waals surface area contributed by atoms with E-state index in [0.29, 0.717) is 58.8 Å². The van der Waals surface area contributed by atoms with E-state index in [1.165, 1.54) is 0 Å². The van der Waals surface area contributed by atoms with Crippen molar-refractivity contribution in [3.05, 3.63) is 0 Å². The molecule has 0 radical (unpaired) electrons. The molecule has 2 saturated heterocycles. The van der Waals surface area contributed by atoms with Gasteiger partial charge < -0.3 is 25.2 Å². The fraction of sp³-hybridized carbons (Fsp3) is 0.857. The first-order valence-corrected chi connectivity index (χ1v) is 7.53. The van der Waals surface area contributed by atoms with Crippen LogP contribution in [0.1, 0.15) is 12.8 Å². The molecule has 0 spiro atoms. The van der Waals surface area contributed by atoms with Crippen molar-refractivity contribution < 1.29 is 14.3 Å². The third-order valence-electron chi connectivity index (χ3n) is 4.51. The zero-order chi connectivity index (χ0) is 15.5. The maximum Gasteiger partial charge on any atom is 0.319 e. The van der Waals surface area contributed by atoms with E-state index in [1.54, 1.807) is 23.9 Å². The molecule has 7 heteroatoms. The molecule has 0 aromatic carbocycles. The summed E-state index contributed by atoms with van der Waals surface area (Å²) < 4.78 is 5.35. The molecular weight excluding hydrogens is 272 g/mol. The lowest BCUT2D eigenvalue weighted by molar-refractivity contribution is -0.148. The van der Waals surface area contributed by atoms with Crippen LogP contribution in [0.2, 0.25) is 0 Å². The van der Waals surface area contributed by atoms with Gasteiger partial charge in [0.25, 0.3) is 0 Å². The molecule has 3 amide bonds. The molecule has 2 N–H and O–H groups in total. The maximum atomic E-state index is 12.8. The molecule has 2 heterocycles. The predicted octanol–water partition coefficient (Wildman–Crippen LogP) is -0.432. The predicted molar refractivity (Wildman–Crippen MR) is 78.8 cm³/mol. The van der Waals surface area contributed by atoms with Crippen molar-refractivity contribution in [2.24, 2.45) is 11.1 Å². The first-order chi connectivity index (χ1) is 10.00. The lowest BCUT2D eigenvalue weighted by Gasteiger charge is -2.42. The SMILES string of the molecule is CN(C)C(=O)N1CCN(C(=O)C2(CN)CCOCC2)CC1. The van der Waals surface area contributed by atoms with Crippen LogP contribution in [-0.4, -0.2) is 86.7 Å². The van der Waals surface area contributed by atoms with Gasteiger partial charge in [0.2, 0.25) is 5.91 Å². The second-order valence-electron chi connectivity index (χ2n) is 6.05. The van der Waals surface area contributed by atoms with Crippen LogP contribution < -0.4 is 5.73 Å². The summed E-state index contributed by atoms with van der Waals surface area (Å²) in [6, 6.07) is 0.00158. The highest BCUT2D eigenvalue weighted by Gasteiger charge is 2.42. The van der Waals surface area contributed by atoms with E-state index < -0.39 is 5.41 Å². The zero-order valence-electron chi connectivity index (χ0n) is 13.0. The molecule has 2 fully saturated rings. The normalized spacial score (nSPS) is 22.0. The number of amides is 3. The second kappa shape index (κ2) is 6.62. The Bertz CT molecular complexity index is 386. The summed E-state index contributed by atoms with van der Waals surface area (Å²) in [6.45, 7) is 3.90. The Hall–Kier alpha value is -1.34. The van der Waals surface area contributed by atoms with Crippen molar-refractivity contribution in [2.75, 3.05) is 60.0 Å². The monoisotopic (exact) mass is 298 g/mol. The Balaban J connectivity index is 1.95. The van der Waals surface area contributed by atoms with Gasteiger partial charge in [-0.2, -0.15) is 0 Å². The average Bonchev–Trinajstić information content (AvgIpc) is 2.54. The van der Waals surface area contributed by atoms with Crippen molar-refractivity contribution in [3.8, 4) is 0 Å². The number of rotatable bonds is 2. The first kappa shape index (κ1) is 16.0. The number of carbonyl (C=O) groups is 2. The highest BCUT2D eigenvalue weighted by atomic mass is 16.5. The quantitative estimate of drug-likeness (QED) is 0.750. The van der Waals surface area contributed by atoms with Gasteiger partial charge in [0, 0.05) is 60.0 Å². The fourth-order valence-electron chi connectivity index (χ4n) is 2.99. The summed E-state index contributed by atoms with van der Waals surface area (Å²) in [5, 5.41) is 0. The van der Waals surface area contributed by atoms with Crippen LogP contribution in [0.3, 0.4) is 0 Å². The molecule has 120 valence electrons. The minimum absolute atomic E-state index is 0.00158. The van der Waals surface area contributed by atoms with Gasteiger partial charge in [-0.3, -0.25) is 4.79 Å². The van der Waals surface area contributed by atoms with Crippen LogP contribution in [-0.2, 0) is 9.53 Å². The van der Waals surface area contributed by atoms with Gasteiger partial charge in [0.1, 0.15) is 0 Å². The Labute approximate surface area is 126 Å². The van der Waals surface area contributed by atoms with Gasteiger partial charge in [-0.1, -0.05) is 0 Å². The van der Waals surface area contributed by atoms with Crippen molar-refractivity contribution in [2.45, 2.75) is 12.8 Å². The zero-order valence-corrected chi connectivity index (χ0v) is 13.0. The summed E-state index contributed by atoms with van der Waals surface area (Å²) in [5.74, 6) is 0.130. The molecule has 0 unspecified atom stereocenters. The second-order valence-corrected chi connectivity index (χ2v) is 6.05. The average molecular weight is 298 g/mol. The van der Waals surface area contributed by atoms with Gasteiger partial charge in [-0.15, -0.1) is 0 Å². The third kappa shape index (κ3) is 3.29. The highest BCUT2D eigenvalue weighted by molar-refractivity contribution is 5.83. The number of urea groups is 1. The highest BCUT2D eigenvalue weighted by Crippen LogP contribution is 2.32. The van der Waals surface area contributed by atoms with Crippen molar-refractivity contribution >= 4 is 11.9 Å². The van der Waals surface area contributed by atoms with Crippen LogP contribution in [0.5, 0.6) is 0 Å². The maximum absolute atomic E-state index is 12.8. The standard InChI is InChI=1S/C14H26N4O3/c1-16(2)13(20)18-7-5-17(6-8-18)12(19)14(11-15)3-9-21-10-4-14/h3-11,15H2,1-2H3. The number of hydrogen-bond acceptors (Lipinski definition) is 4. The number of carbonyl (C=O) groups excluding carboxylic acids is 2. The van der Waals surface area contributed by atoms with Gasteiger partial charge in [-0.05, 0) is 12.8 Å². The van der Waals surface area contributed by atoms with Crippen LogP contribution >= 0.6 is 0 Å². The van der Waals surface area contributed by atoms with Crippen LogP contribution in [0, 0.1) is 5.41 Å². The van der Waals surface area contributed by atoms with Crippen molar-refractivity contribution in [1.82, 2.24) is 14.7 Å². The molecule has 0 aromatic heterocycles. The molecule has 0 aromatic rings. The smallest absolute Gasteiger partial charge is 0.319 e. The molecule has 0 bridgehead atoms. The Morgan fingerprint density at radius 1 is 1.10 bits per heavy atom. The third-order valence-corrected chi connectivity index (χ3v) is 4.51.